The molecule has 1 amide bonds. The Labute approximate surface area is 193 Å². The fraction of sp³-hybridized carbons (Fsp3) is 0.400. The SMILES string of the molecule is CN=C(NCCC(=O)N(C)Cc1ccccc1)N(C)Cc1cc(Br)cn1C.I. The molecule has 0 radical (unpaired) electrons. The zero-order valence-electron chi connectivity index (χ0n) is 16.9. The number of carbonyl (C=O) groups is 1. The summed E-state index contributed by atoms with van der Waals surface area (Å²) in [5.41, 5.74) is 2.30. The topological polar surface area (TPSA) is 52.9 Å². The lowest BCUT2D eigenvalue weighted by Crippen LogP contribution is -2.40. The first-order valence-corrected chi connectivity index (χ1v) is 9.70. The van der Waals surface area contributed by atoms with Crippen LogP contribution in [-0.4, -0.2) is 53.9 Å². The summed E-state index contributed by atoms with van der Waals surface area (Å²) in [6, 6.07) is 12.1. The first-order valence-electron chi connectivity index (χ1n) is 8.91. The summed E-state index contributed by atoms with van der Waals surface area (Å²) in [5, 5.41) is 3.27. The molecule has 0 spiro atoms. The van der Waals surface area contributed by atoms with Crippen molar-refractivity contribution in [2.45, 2.75) is 19.5 Å². The molecule has 0 saturated heterocycles. The summed E-state index contributed by atoms with van der Waals surface area (Å²) >= 11 is 3.49. The van der Waals surface area contributed by atoms with Crippen LogP contribution in [0.25, 0.3) is 0 Å². The highest BCUT2D eigenvalue weighted by Gasteiger charge is 2.12. The van der Waals surface area contributed by atoms with E-state index in [2.05, 4.69) is 36.9 Å². The number of aliphatic imine (C=N–C) groups is 1. The van der Waals surface area contributed by atoms with E-state index in [-0.39, 0.29) is 29.9 Å². The molecular weight excluding hydrogens is 533 g/mol. The van der Waals surface area contributed by atoms with Gasteiger partial charge in [-0.2, -0.15) is 0 Å². The van der Waals surface area contributed by atoms with Crippen LogP contribution in [0.15, 0.2) is 52.1 Å². The highest BCUT2D eigenvalue weighted by molar-refractivity contribution is 14.0. The number of hydrogen-bond acceptors (Lipinski definition) is 2. The van der Waals surface area contributed by atoms with Gasteiger partial charge in [0.15, 0.2) is 5.96 Å². The second kappa shape index (κ2) is 12.1. The molecule has 0 aliphatic rings. The smallest absolute Gasteiger partial charge is 0.224 e. The first kappa shape index (κ1) is 24.5. The van der Waals surface area contributed by atoms with Gasteiger partial charge in [-0.3, -0.25) is 9.79 Å². The monoisotopic (exact) mass is 561 g/mol. The van der Waals surface area contributed by atoms with Crippen molar-refractivity contribution in [1.82, 2.24) is 19.7 Å². The Kier molecular flexibility index (Phi) is 10.6. The maximum atomic E-state index is 12.3. The summed E-state index contributed by atoms with van der Waals surface area (Å²) in [6.07, 6.45) is 2.45. The lowest BCUT2D eigenvalue weighted by Gasteiger charge is -2.23. The number of rotatable bonds is 7. The average molecular weight is 562 g/mol. The summed E-state index contributed by atoms with van der Waals surface area (Å²) in [4.78, 5) is 20.5. The van der Waals surface area contributed by atoms with E-state index in [4.69, 9.17) is 0 Å². The highest BCUT2D eigenvalue weighted by Crippen LogP contribution is 2.15. The maximum absolute atomic E-state index is 12.3. The minimum atomic E-state index is 0. The second-order valence-electron chi connectivity index (χ2n) is 6.58. The van der Waals surface area contributed by atoms with Crippen LogP contribution in [0.4, 0.5) is 0 Å². The van der Waals surface area contributed by atoms with Gasteiger partial charge in [0.05, 0.1) is 6.54 Å². The van der Waals surface area contributed by atoms with Crippen molar-refractivity contribution >= 4 is 51.8 Å². The fourth-order valence-corrected chi connectivity index (χ4v) is 3.41. The molecule has 0 aliphatic carbocycles. The van der Waals surface area contributed by atoms with Gasteiger partial charge in [0.1, 0.15) is 0 Å². The van der Waals surface area contributed by atoms with Gasteiger partial charge in [0.2, 0.25) is 5.91 Å². The predicted octanol–water partition coefficient (Wildman–Crippen LogP) is 3.46. The van der Waals surface area contributed by atoms with Crippen molar-refractivity contribution in [2.24, 2.45) is 12.0 Å². The van der Waals surface area contributed by atoms with Crippen molar-refractivity contribution < 1.29 is 4.79 Å². The molecule has 0 saturated carbocycles. The molecule has 154 valence electrons. The Morgan fingerprint density at radius 2 is 1.86 bits per heavy atom. The number of nitrogens with one attached hydrogen (secondary N) is 1. The maximum Gasteiger partial charge on any atom is 0.224 e. The Hall–Kier alpha value is -1.55. The number of aryl methyl sites for hydroxylation is 1. The number of hydrogen-bond donors (Lipinski definition) is 1. The molecule has 0 bridgehead atoms. The molecule has 1 aromatic heterocycles. The summed E-state index contributed by atoms with van der Waals surface area (Å²) in [7, 11) is 7.59. The molecule has 0 aliphatic heterocycles. The number of benzene rings is 1. The Balaban J connectivity index is 0.00000392. The molecule has 0 unspecified atom stereocenters. The van der Waals surface area contributed by atoms with Crippen LogP contribution in [0.1, 0.15) is 17.7 Å². The Morgan fingerprint density at radius 3 is 2.43 bits per heavy atom. The minimum Gasteiger partial charge on any atom is -0.356 e. The van der Waals surface area contributed by atoms with Gasteiger partial charge in [0.25, 0.3) is 0 Å². The predicted molar refractivity (Wildman–Crippen MR) is 129 cm³/mol. The van der Waals surface area contributed by atoms with Crippen molar-refractivity contribution in [3.05, 3.63) is 58.3 Å². The van der Waals surface area contributed by atoms with E-state index in [9.17, 15) is 4.79 Å². The van der Waals surface area contributed by atoms with E-state index in [0.717, 1.165) is 22.5 Å². The summed E-state index contributed by atoms with van der Waals surface area (Å²) < 4.78 is 3.14. The van der Waals surface area contributed by atoms with Gasteiger partial charge in [-0.15, -0.1) is 24.0 Å². The number of guanidine groups is 1. The third kappa shape index (κ3) is 7.46. The van der Waals surface area contributed by atoms with Crippen LogP contribution in [0.3, 0.4) is 0 Å². The van der Waals surface area contributed by atoms with Crippen LogP contribution in [0.5, 0.6) is 0 Å². The Bertz CT molecular complexity index is 778. The van der Waals surface area contributed by atoms with Gasteiger partial charge in [0, 0.05) is 64.1 Å². The van der Waals surface area contributed by atoms with Crippen molar-refractivity contribution in [3.8, 4) is 0 Å². The molecular formula is C20H29BrIN5O. The third-order valence-electron chi connectivity index (χ3n) is 4.36. The number of carbonyl (C=O) groups excluding carboxylic acids is 1. The quantitative estimate of drug-likeness (QED) is 0.320. The molecule has 6 nitrogen and oxygen atoms in total. The molecule has 2 rings (SSSR count). The number of halogens is 2. The van der Waals surface area contributed by atoms with Crippen molar-refractivity contribution in [1.29, 1.82) is 0 Å². The van der Waals surface area contributed by atoms with Crippen LogP contribution in [-0.2, 0) is 24.9 Å². The number of amides is 1. The van der Waals surface area contributed by atoms with Gasteiger partial charge in [-0.1, -0.05) is 30.3 Å². The molecule has 2 aromatic rings. The largest absolute Gasteiger partial charge is 0.356 e. The zero-order valence-corrected chi connectivity index (χ0v) is 20.8. The van der Waals surface area contributed by atoms with E-state index < -0.39 is 0 Å². The highest BCUT2D eigenvalue weighted by atomic mass is 127. The normalized spacial score (nSPS) is 11.0. The molecule has 1 aromatic carbocycles. The fourth-order valence-electron chi connectivity index (χ4n) is 2.84. The lowest BCUT2D eigenvalue weighted by molar-refractivity contribution is -0.130. The molecule has 0 fully saturated rings. The molecule has 28 heavy (non-hydrogen) atoms. The van der Waals surface area contributed by atoms with Gasteiger partial charge in [-0.05, 0) is 27.6 Å². The van der Waals surface area contributed by atoms with Crippen LogP contribution in [0, 0.1) is 0 Å². The third-order valence-corrected chi connectivity index (χ3v) is 4.79. The standard InChI is InChI=1S/C20H28BrN5O.HI/c1-22-20(26(4)15-18-12-17(21)14-24(18)2)23-11-10-19(27)25(3)13-16-8-6-5-7-9-16;/h5-9,12,14H,10-11,13,15H2,1-4H3,(H,22,23);1H. The van der Waals surface area contributed by atoms with Crippen LogP contribution < -0.4 is 5.32 Å². The molecule has 1 N–H and O–H groups in total. The minimum absolute atomic E-state index is 0. The molecule has 1 heterocycles. The van der Waals surface area contributed by atoms with Gasteiger partial charge in [-0.25, -0.2) is 0 Å². The van der Waals surface area contributed by atoms with E-state index in [1.165, 1.54) is 5.69 Å². The molecule has 8 heteroatoms. The van der Waals surface area contributed by atoms with Crippen LogP contribution in [0.2, 0.25) is 0 Å². The second-order valence-corrected chi connectivity index (χ2v) is 7.49. The van der Waals surface area contributed by atoms with Crippen LogP contribution >= 0.6 is 39.9 Å². The van der Waals surface area contributed by atoms with E-state index >= 15 is 0 Å². The Morgan fingerprint density at radius 1 is 1.18 bits per heavy atom. The summed E-state index contributed by atoms with van der Waals surface area (Å²) in [5.74, 6) is 0.877. The van der Waals surface area contributed by atoms with Gasteiger partial charge >= 0.3 is 0 Å². The number of aromatic nitrogens is 1. The van der Waals surface area contributed by atoms with Gasteiger partial charge < -0.3 is 19.7 Å². The zero-order chi connectivity index (χ0) is 19.8. The molecule has 0 atom stereocenters. The number of nitrogens with zero attached hydrogens (tertiary/aromatic N) is 4. The van der Waals surface area contributed by atoms with E-state index in [0.29, 0.717) is 19.5 Å². The first-order chi connectivity index (χ1) is 12.9. The van der Waals surface area contributed by atoms with E-state index in [1.54, 1.807) is 11.9 Å². The van der Waals surface area contributed by atoms with Crippen molar-refractivity contribution in [3.63, 3.8) is 0 Å². The van der Waals surface area contributed by atoms with E-state index in [1.807, 2.05) is 62.6 Å². The summed E-state index contributed by atoms with van der Waals surface area (Å²) in [6.45, 7) is 1.89. The van der Waals surface area contributed by atoms with Crippen molar-refractivity contribution in [2.75, 3.05) is 27.7 Å². The lowest BCUT2D eigenvalue weighted by atomic mass is 10.2. The average Bonchev–Trinajstić information content (AvgIpc) is 2.96.